The van der Waals surface area contributed by atoms with E-state index in [1.54, 1.807) is 11.3 Å². The summed E-state index contributed by atoms with van der Waals surface area (Å²) < 4.78 is 0. The average Bonchev–Trinajstić information content (AvgIpc) is 2.61. The maximum absolute atomic E-state index is 4.28. The van der Waals surface area contributed by atoms with Crippen LogP contribution in [-0.4, -0.2) is 22.3 Å². The van der Waals surface area contributed by atoms with Gasteiger partial charge in [0.25, 0.3) is 0 Å². The van der Waals surface area contributed by atoms with Crippen molar-refractivity contribution in [3.8, 4) is 0 Å². The van der Waals surface area contributed by atoms with Crippen LogP contribution in [0.3, 0.4) is 0 Å². The molecule has 0 bridgehead atoms. The summed E-state index contributed by atoms with van der Waals surface area (Å²) in [5.41, 5.74) is 0. The van der Waals surface area contributed by atoms with Crippen molar-refractivity contribution in [1.29, 1.82) is 0 Å². The number of allylic oxidation sites excluding steroid dienone is 1. The molecule has 1 atom stereocenters. The van der Waals surface area contributed by atoms with Gasteiger partial charge in [-0.1, -0.05) is 0 Å². The van der Waals surface area contributed by atoms with E-state index in [1.165, 1.54) is 0 Å². The summed E-state index contributed by atoms with van der Waals surface area (Å²) in [7, 11) is 0. The van der Waals surface area contributed by atoms with E-state index in [9.17, 15) is 0 Å². The lowest BCUT2D eigenvalue weighted by Crippen LogP contribution is -2.27. The number of aliphatic imine (C=N–C) groups is 1. The summed E-state index contributed by atoms with van der Waals surface area (Å²) in [5, 5.41) is 3.13. The fraction of sp³-hybridized carbons (Fsp3) is 0.333. The van der Waals surface area contributed by atoms with Gasteiger partial charge >= 0.3 is 0 Å². The highest BCUT2D eigenvalue weighted by Crippen LogP contribution is 2.13. The monoisotopic (exact) mass is 193 g/mol. The molecule has 4 heteroatoms. The SMILES string of the molecule is CC1N=CC=CN1Cc1nccs1. The minimum Gasteiger partial charge on any atom is -0.349 e. The molecule has 0 fully saturated rings. The summed E-state index contributed by atoms with van der Waals surface area (Å²) in [5.74, 6) is 0. The molecule has 0 saturated carbocycles. The van der Waals surface area contributed by atoms with Crippen molar-refractivity contribution < 1.29 is 0 Å². The van der Waals surface area contributed by atoms with Crippen LogP contribution in [0, 0.1) is 0 Å². The molecule has 0 aliphatic carbocycles. The van der Waals surface area contributed by atoms with Gasteiger partial charge in [-0.3, -0.25) is 4.99 Å². The van der Waals surface area contributed by atoms with Crippen molar-refractivity contribution in [3.63, 3.8) is 0 Å². The molecule has 0 amide bonds. The molecule has 1 aromatic rings. The molecule has 2 rings (SSSR count). The van der Waals surface area contributed by atoms with Gasteiger partial charge in [-0.05, 0) is 13.0 Å². The molecular weight excluding hydrogens is 182 g/mol. The van der Waals surface area contributed by atoms with Gasteiger partial charge in [-0.25, -0.2) is 4.98 Å². The molecule has 0 radical (unpaired) electrons. The first-order valence-electron chi connectivity index (χ1n) is 4.20. The Morgan fingerprint density at radius 2 is 2.54 bits per heavy atom. The molecule has 0 N–H and O–H groups in total. The Hall–Kier alpha value is -1.16. The van der Waals surface area contributed by atoms with Crippen LogP contribution in [-0.2, 0) is 6.54 Å². The van der Waals surface area contributed by atoms with Gasteiger partial charge < -0.3 is 4.90 Å². The van der Waals surface area contributed by atoms with Crippen molar-refractivity contribution in [2.45, 2.75) is 19.6 Å². The Morgan fingerprint density at radius 1 is 1.62 bits per heavy atom. The Labute approximate surface area is 81.4 Å². The Morgan fingerprint density at radius 3 is 3.23 bits per heavy atom. The lowest BCUT2D eigenvalue weighted by molar-refractivity contribution is 0.291. The third-order valence-corrected chi connectivity index (χ3v) is 2.71. The normalized spacial score (nSPS) is 21.0. The van der Waals surface area contributed by atoms with Crippen molar-refractivity contribution >= 4 is 17.6 Å². The van der Waals surface area contributed by atoms with Crippen LogP contribution in [0.4, 0.5) is 0 Å². The van der Waals surface area contributed by atoms with Gasteiger partial charge in [0.2, 0.25) is 0 Å². The van der Waals surface area contributed by atoms with E-state index in [4.69, 9.17) is 0 Å². The van der Waals surface area contributed by atoms with Crippen LogP contribution < -0.4 is 0 Å². The standard InChI is InChI=1S/C9H11N3S/c1-8-10-3-2-5-12(8)7-9-11-4-6-13-9/h2-6,8H,7H2,1H3. The topological polar surface area (TPSA) is 28.5 Å². The highest BCUT2D eigenvalue weighted by molar-refractivity contribution is 7.09. The van der Waals surface area contributed by atoms with Crippen molar-refractivity contribution in [1.82, 2.24) is 9.88 Å². The molecule has 1 unspecified atom stereocenters. The minimum absolute atomic E-state index is 0.230. The van der Waals surface area contributed by atoms with Crippen molar-refractivity contribution in [2.24, 2.45) is 4.99 Å². The van der Waals surface area contributed by atoms with Gasteiger partial charge in [0.15, 0.2) is 0 Å². The molecule has 1 aromatic heterocycles. The summed E-state index contributed by atoms with van der Waals surface area (Å²) in [6.07, 6.45) is 7.91. The smallest absolute Gasteiger partial charge is 0.118 e. The van der Waals surface area contributed by atoms with Crippen molar-refractivity contribution in [2.75, 3.05) is 0 Å². The highest BCUT2D eigenvalue weighted by atomic mass is 32.1. The van der Waals surface area contributed by atoms with Crippen LogP contribution in [0.25, 0.3) is 0 Å². The first-order chi connectivity index (χ1) is 6.36. The Balaban J connectivity index is 2.03. The lowest BCUT2D eigenvalue weighted by atomic mass is 10.4. The van der Waals surface area contributed by atoms with E-state index in [2.05, 4.69) is 28.0 Å². The highest BCUT2D eigenvalue weighted by Gasteiger charge is 2.11. The van der Waals surface area contributed by atoms with Crippen LogP contribution in [0.15, 0.2) is 28.8 Å². The van der Waals surface area contributed by atoms with E-state index in [0.29, 0.717) is 0 Å². The number of nitrogens with zero attached hydrogens (tertiary/aromatic N) is 3. The van der Waals surface area contributed by atoms with Gasteiger partial charge in [0.05, 0.1) is 6.54 Å². The molecule has 0 saturated heterocycles. The molecular formula is C9H11N3S. The fourth-order valence-corrected chi connectivity index (χ4v) is 1.83. The van der Waals surface area contributed by atoms with Crippen LogP contribution in [0.1, 0.15) is 11.9 Å². The third-order valence-electron chi connectivity index (χ3n) is 1.95. The summed E-state index contributed by atoms with van der Waals surface area (Å²) >= 11 is 1.68. The fourth-order valence-electron chi connectivity index (χ4n) is 1.21. The number of hydrogen-bond donors (Lipinski definition) is 0. The number of hydrogen-bond acceptors (Lipinski definition) is 4. The zero-order valence-corrected chi connectivity index (χ0v) is 8.24. The maximum atomic E-state index is 4.28. The van der Waals surface area contributed by atoms with E-state index >= 15 is 0 Å². The first-order valence-corrected chi connectivity index (χ1v) is 5.08. The van der Waals surface area contributed by atoms with E-state index in [0.717, 1.165) is 11.6 Å². The summed E-state index contributed by atoms with van der Waals surface area (Å²) in [6.45, 7) is 2.93. The molecule has 68 valence electrons. The average molecular weight is 193 g/mol. The second kappa shape index (κ2) is 3.70. The second-order valence-electron chi connectivity index (χ2n) is 2.87. The minimum atomic E-state index is 0.230. The maximum Gasteiger partial charge on any atom is 0.118 e. The predicted molar refractivity (Wildman–Crippen MR) is 54.8 cm³/mol. The molecule has 1 aliphatic heterocycles. The largest absolute Gasteiger partial charge is 0.349 e. The molecule has 2 heterocycles. The van der Waals surface area contributed by atoms with E-state index in [-0.39, 0.29) is 6.17 Å². The Kier molecular flexibility index (Phi) is 2.40. The molecule has 0 aromatic carbocycles. The van der Waals surface area contributed by atoms with Gasteiger partial charge in [-0.2, -0.15) is 0 Å². The second-order valence-corrected chi connectivity index (χ2v) is 3.85. The predicted octanol–water partition coefficient (Wildman–Crippen LogP) is 1.89. The van der Waals surface area contributed by atoms with Crippen molar-refractivity contribution in [3.05, 3.63) is 28.9 Å². The molecule has 0 spiro atoms. The zero-order valence-electron chi connectivity index (χ0n) is 7.42. The lowest BCUT2D eigenvalue weighted by Gasteiger charge is -2.25. The first kappa shape index (κ1) is 8.44. The zero-order chi connectivity index (χ0) is 9.10. The van der Waals surface area contributed by atoms with E-state index < -0.39 is 0 Å². The number of aromatic nitrogens is 1. The summed E-state index contributed by atoms with van der Waals surface area (Å²) in [4.78, 5) is 10.7. The van der Waals surface area contributed by atoms with Crippen LogP contribution >= 0.6 is 11.3 Å². The van der Waals surface area contributed by atoms with Crippen LogP contribution in [0.5, 0.6) is 0 Å². The number of thiazole rings is 1. The van der Waals surface area contributed by atoms with E-state index in [1.807, 2.05) is 23.9 Å². The van der Waals surface area contributed by atoms with Gasteiger partial charge in [0, 0.05) is 24.0 Å². The molecule has 13 heavy (non-hydrogen) atoms. The van der Waals surface area contributed by atoms with Gasteiger partial charge in [-0.15, -0.1) is 11.3 Å². The Bertz CT molecular complexity index is 316. The molecule has 1 aliphatic rings. The molecule has 3 nitrogen and oxygen atoms in total. The van der Waals surface area contributed by atoms with Crippen LogP contribution in [0.2, 0.25) is 0 Å². The summed E-state index contributed by atoms with van der Waals surface area (Å²) in [6, 6.07) is 0. The quantitative estimate of drug-likeness (QED) is 0.717. The number of rotatable bonds is 2. The third kappa shape index (κ3) is 1.95. The van der Waals surface area contributed by atoms with Gasteiger partial charge in [0.1, 0.15) is 11.2 Å².